The molecule has 5 nitrogen and oxygen atoms in total. The fraction of sp³-hybridized carbons (Fsp3) is 0.875. The molecule has 1 heterocycles. The van der Waals surface area contributed by atoms with Crippen LogP contribution < -0.4 is 11.1 Å². The van der Waals surface area contributed by atoms with Crippen LogP contribution in [0.5, 0.6) is 0 Å². The van der Waals surface area contributed by atoms with Crippen LogP contribution >= 0.6 is 0 Å². The van der Waals surface area contributed by atoms with Gasteiger partial charge in [-0.3, -0.25) is 9.69 Å². The van der Waals surface area contributed by atoms with Gasteiger partial charge in [-0.05, 0) is 18.3 Å². The van der Waals surface area contributed by atoms with Crippen LogP contribution in [0.15, 0.2) is 0 Å². The summed E-state index contributed by atoms with van der Waals surface area (Å²) in [6.45, 7) is 6.39. The molecule has 1 saturated heterocycles. The molecule has 0 bridgehead atoms. The van der Waals surface area contributed by atoms with E-state index in [1.54, 1.807) is 0 Å². The van der Waals surface area contributed by atoms with E-state index in [1.165, 1.54) is 11.3 Å². The lowest BCUT2D eigenvalue weighted by Gasteiger charge is -2.31. The van der Waals surface area contributed by atoms with E-state index in [2.05, 4.69) is 5.32 Å². The monoisotopic (exact) mass is 295 g/mol. The number of amides is 3. The number of nitrogens with zero attached hydrogens (tertiary/aromatic N) is 1. The molecule has 0 aromatic heterocycles. The van der Waals surface area contributed by atoms with Gasteiger partial charge in [0.25, 0.3) is 5.91 Å². The van der Waals surface area contributed by atoms with Crippen molar-refractivity contribution >= 4 is 11.9 Å². The van der Waals surface area contributed by atoms with Crippen LogP contribution in [0.1, 0.15) is 65.7 Å². The Hall–Kier alpha value is -1.10. The van der Waals surface area contributed by atoms with E-state index < -0.39 is 5.54 Å². The number of urea groups is 1. The molecule has 5 heteroatoms. The van der Waals surface area contributed by atoms with Gasteiger partial charge < -0.3 is 11.1 Å². The second-order valence-electron chi connectivity index (χ2n) is 7.67. The molecule has 3 amide bonds. The topological polar surface area (TPSA) is 75.4 Å². The van der Waals surface area contributed by atoms with E-state index in [1.807, 2.05) is 20.8 Å². The molecule has 2 rings (SSSR count). The normalized spacial score (nSPS) is 24.7. The highest BCUT2D eigenvalue weighted by Gasteiger charge is 2.50. The molecule has 0 aromatic carbocycles. The molecule has 120 valence electrons. The molecule has 1 atom stereocenters. The van der Waals surface area contributed by atoms with E-state index in [0.29, 0.717) is 6.54 Å². The van der Waals surface area contributed by atoms with E-state index >= 15 is 0 Å². The molecule has 2 fully saturated rings. The number of carbonyl (C=O) groups is 2. The van der Waals surface area contributed by atoms with Crippen LogP contribution in [0.2, 0.25) is 0 Å². The van der Waals surface area contributed by atoms with E-state index in [-0.39, 0.29) is 23.4 Å². The first kappa shape index (κ1) is 16.3. The van der Waals surface area contributed by atoms with Gasteiger partial charge in [0.1, 0.15) is 5.54 Å². The Morgan fingerprint density at radius 3 is 2.19 bits per heavy atom. The van der Waals surface area contributed by atoms with Crippen LogP contribution in [0, 0.1) is 5.41 Å². The minimum Gasteiger partial charge on any atom is -0.326 e. The number of hydrogen-bond donors (Lipinski definition) is 2. The van der Waals surface area contributed by atoms with Gasteiger partial charge in [0.15, 0.2) is 0 Å². The van der Waals surface area contributed by atoms with Crippen molar-refractivity contribution in [2.24, 2.45) is 11.1 Å². The number of rotatable bonds is 2. The Bertz CT molecular complexity index is 406. The van der Waals surface area contributed by atoms with Gasteiger partial charge in [0.05, 0.1) is 0 Å². The predicted octanol–water partition coefficient (Wildman–Crippen LogP) is 2.39. The SMILES string of the molecule is CC(C)(C)C(N)CN1C(=O)NC2(CCCCCCC2)C1=O. The third kappa shape index (κ3) is 3.39. The van der Waals surface area contributed by atoms with Crippen LogP contribution in [-0.2, 0) is 4.79 Å². The maximum absolute atomic E-state index is 12.8. The zero-order chi connectivity index (χ0) is 15.7. The van der Waals surface area contributed by atoms with Crippen molar-refractivity contribution in [3.05, 3.63) is 0 Å². The number of nitrogens with one attached hydrogen (secondary N) is 1. The maximum atomic E-state index is 12.8. The van der Waals surface area contributed by atoms with Crippen molar-refractivity contribution < 1.29 is 9.59 Å². The third-order valence-corrected chi connectivity index (χ3v) is 4.94. The van der Waals surface area contributed by atoms with Gasteiger partial charge in [-0.25, -0.2) is 4.79 Å². The highest BCUT2D eigenvalue weighted by molar-refractivity contribution is 6.07. The minimum atomic E-state index is -0.658. The second kappa shape index (κ2) is 5.95. The molecule has 1 unspecified atom stereocenters. The Morgan fingerprint density at radius 2 is 1.67 bits per heavy atom. The minimum absolute atomic E-state index is 0.0610. The van der Waals surface area contributed by atoms with Crippen LogP contribution in [0.3, 0.4) is 0 Å². The molecule has 0 radical (unpaired) electrons. The Morgan fingerprint density at radius 1 is 1.14 bits per heavy atom. The van der Waals surface area contributed by atoms with Crippen molar-refractivity contribution in [1.82, 2.24) is 10.2 Å². The summed E-state index contributed by atoms with van der Waals surface area (Å²) in [5.41, 5.74) is 5.37. The highest BCUT2D eigenvalue weighted by Crippen LogP contribution is 2.32. The van der Waals surface area contributed by atoms with Gasteiger partial charge in [-0.2, -0.15) is 0 Å². The standard InChI is InChI=1S/C16H29N3O2/c1-15(2,3)12(17)11-19-13(20)16(18-14(19)21)9-7-5-4-6-8-10-16/h12H,4-11,17H2,1-3H3,(H,18,21). The third-order valence-electron chi connectivity index (χ3n) is 4.94. The average molecular weight is 295 g/mol. The number of hydrogen-bond acceptors (Lipinski definition) is 3. The lowest BCUT2D eigenvalue weighted by atomic mass is 9.83. The molecule has 2 aliphatic rings. The summed E-state index contributed by atoms with van der Waals surface area (Å²) >= 11 is 0. The fourth-order valence-electron chi connectivity index (χ4n) is 3.16. The molecule has 1 aliphatic heterocycles. The summed E-state index contributed by atoms with van der Waals surface area (Å²) in [7, 11) is 0. The van der Waals surface area contributed by atoms with Crippen molar-refractivity contribution in [2.75, 3.05) is 6.54 Å². The van der Waals surface area contributed by atoms with Crippen LogP contribution in [0.4, 0.5) is 4.79 Å². The maximum Gasteiger partial charge on any atom is 0.325 e. The fourth-order valence-corrected chi connectivity index (χ4v) is 3.16. The first-order chi connectivity index (χ1) is 9.76. The quantitative estimate of drug-likeness (QED) is 0.768. The van der Waals surface area contributed by atoms with Gasteiger partial charge in [-0.1, -0.05) is 52.9 Å². The average Bonchev–Trinajstić information content (AvgIpc) is 2.58. The molecule has 1 saturated carbocycles. The molecule has 3 N–H and O–H groups in total. The molecule has 1 spiro atoms. The number of nitrogens with two attached hydrogens (primary N) is 1. The first-order valence-electron chi connectivity index (χ1n) is 8.16. The predicted molar refractivity (Wildman–Crippen MR) is 82.7 cm³/mol. The van der Waals surface area contributed by atoms with Crippen molar-refractivity contribution in [1.29, 1.82) is 0 Å². The first-order valence-corrected chi connectivity index (χ1v) is 8.16. The van der Waals surface area contributed by atoms with Crippen molar-refractivity contribution in [3.8, 4) is 0 Å². The summed E-state index contributed by atoms with van der Waals surface area (Å²) < 4.78 is 0. The second-order valence-corrected chi connectivity index (χ2v) is 7.67. The summed E-state index contributed by atoms with van der Waals surface area (Å²) in [4.78, 5) is 26.4. The summed E-state index contributed by atoms with van der Waals surface area (Å²) in [5.74, 6) is -0.0610. The Labute approximate surface area is 127 Å². The molecular formula is C16H29N3O2. The zero-order valence-electron chi connectivity index (χ0n) is 13.6. The van der Waals surface area contributed by atoms with Gasteiger partial charge in [0, 0.05) is 12.6 Å². The van der Waals surface area contributed by atoms with Gasteiger partial charge >= 0.3 is 6.03 Å². The summed E-state index contributed by atoms with van der Waals surface area (Å²) in [6.07, 6.45) is 7.06. The van der Waals surface area contributed by atoms with E-state index in [0.717, 1.165) is 38.5 Å². The highest BCUT2D eigenvalue weighted by atomic mass is 16.2. The van der Waals surface area contributed by atoms with Crippen LogP contribution in [-0.4, -0.2) is 35.0 Å². The van der Waals surface area contributed by atoms with E-state index in [4.69, 9.17) is 5.73 Å². The van der Waals surface area contributed by atoms with E-state index in [9.17, 15) is 9.59 Å². The number of carbonyl (C=O) groups excluding carboxylic acids is 2. The smallest absolute Gasteiger partial charge is 0.325 e. The largest absolute Gasteiger partial charge is 0.326 e. The Kier molecular flexibility index (Phi) is 4.61. The lowest BCUT2D eigenvalue weighted by molar-refractivity contribution is -0.132. The summed E-state index contributed by atoms with van der Waals surface area (Å²) in [6, 6.07) is -0.476. The summed E-state index contributed by atoms with van der Waals surface area (Å²) in [5, 5.41) is 2.98. The molecular weight excluding hydrogens is 266 g/mol. The Balaban J connectivity index is 2.11. The van der Waals surface area contributed by atoms with Gasteiger partial charge in [-0.15, -0.1) is 0 Å². The van der Waals surface area contributed by atoms with Crippen molar-refractivity contribution in [2.45, 2.75) is 77.3 Å². The van der Waals surface area contributed by atoms with Crippen molar-refractivity contribution in [3.63, 3.8) is 0 Å². The molecule has 1 aliphatic carbocycles. The molecule has 21 heavy (non-hydrogen) atoms. The lowest BCUT2D eigenvalue weighted by Crippen LogP contribution is -2.50. The van der Waals surface area contributed by atoms with Crippen LogP contribution in [0.25, 0.3) is 0 Å². The number of imide groups is 1. The van der Waals surface area contributed by atoms with Gasteiger partial charge in [0.2, 0.25) is 0 Å². The zero-order valence-corrected chi connectivity index (χ0v) is 13.6. The molecule has 0 aromatic rings.